The lowest BCUT2D eigenvalue weighted by atomic mass is 9.77. The van der Waals surface area contributed by atoms with Crippen LogP contribution < -0.4 is 5.32 Å². The maximum absolute atomic E-state index is 3.43. The second kappa shape index (κ2) is 2.78. The van der Waals surface area contributed by atoms with Crippen LogP contribution in [0.1, 0.15) is 32.6 Å². The highest BCUT2D eigenvalue weighted by Gasteiger charge is 2.39. The number of hydrogen-bond donors (Lipinski definition) is 1. The van der Waals surface area contributed by atoms with Gasteiger partial charge in [0.15, 0.2) is 0 Å². The van der Waals surface area contributed by atoms with E-state index < -0.39 is 0 Å². The second-order valence-electron chi connectivity index (χ2n) is 4.41. The highest BCUT2D eigenvalue weighted by atomic mass is 14.9. The standard InChI is InChI=1S/C10H19N/c1-7-8-3-4-9(7)6-10(5-8)11-2/h7-11H,3-6H2,1-2H3. The molecule has 2 bridgehead atoms. The average Bonchev–Trinajstić information content (AvgIpc) is 2.26. The molecule has 2 rings (SSSR count). The largest absolute Gasteiger partial charge is 0.317 e. The lowest BCUT2D eigenvalue weighted by molar-refractivity contribution is 0.207. The van der Waals surface area contributed by atoms with Gasteiger partial charge in [-0.1, -0.05) is 6.92 Å². The molecule has 2 atom stereocenters. The van der Waals surface area contributed by atoms with Crippen LogP contribution in [0.5, 0.6) is 0 Å². The molecule has 2 aliphatic carbocycles. The minimum atomic E-state index is 0.837. The van der Waals surface area contributed by atoms with Gasteiger partial charge in [0.25, 0.3) is 0 Å². The summed E-state index contributed by atoms with van der Waals surface area (Å²) in [5.41, 5.74) is 0. The van der Waals surface area contributed by atoms with E-state index in [9.17, 15) is 0 Å². The molecule has 0 aromatic heterocycles. The minimum Gasteiger partial charge on any atom is -0.317 e. The highest BCUT2D eigenvalue weighted by Crippen LogP contribution is 2.46. The summed E-state index contributed by atoms with van der Waals surface area (Å²) in [7, 11) is 2.11. The third-order valence-electron chi connectivity index (χ3n) is 3.98. The molecule has 0 aromatic carbocycles. The molecule has 0 heterocycles. The Kier molecular flexibility index (Phi) is 1.92. The molecule has 1 heteroatoms. The van der Waals surface area contributed by atoms with Gasteiger partial charge < -0.3 is 5.32 Å². The summed E-state index contributed by atoms with van der Waals surface area (Å²) >= 11 is 0. The van der Waals surface area contributed by atoms with E-state index in [1.807, 2.05) is 0 Å². The Morgan fingerprint density at radius 1 is 1.09 bits per heavy atom. The van der Waals surface area contributed by atoms with Crippen LogP contribution >= 0.6 is 0 Å². The summed E-state index contributed by atoms with van der Waals surface area (Å²) in [5.74, 6) is 3.12. The van der Waals surface area contributed by atoms with E-state index in [2.05, 4.69) is 19.3 Å². The highest BCUT2D eigenvalue weighted by molar-refractivity contribution is 4.92. The predicted octanol–water partition coefficient (Wildman–Crippen LogP) is 2.03. The lowest BCUT2D eigenvalue weighted by Crippen LogP contribution is -2.35. The maximum Gasteiger partial charge on any atom is 0.00695 e. The fourth-order valence-electron chi connectivity index (χ4n) is 3.07. The molecule has 0 spiro atoms. The topological polar surface area (TPSA) is 12.0 Å². The maximum atomic E-state index is 3.43. The molecule has 64 valence electrons. The van der Waals surface area contributed by atoms with Crippen molar-refractivity contribution in [2.45, 2.75) is 38.6 Å². The van der Waals surface area contributed by atoms with Crippen LogP contribution in [0.3, 0.4) is 0 Å². The van der Waals surface area contributed by atoms with Gasteiger partial charge in [-0.25, -0.2) is 0 Å². The van der Waals surface area contributed by atoms with Gasteiger partial charge in [0.2, 0.25) is 0 Å². The molecule has 0 aromatic rings. The van der Waals surface area contributed by atoms with Gasteiger partial charge in [-0.2, -0.15) is 0 Å². The summed E-state index contributed by atoms with van der Waals surface area (Å²) < 4.78 is 0. The summed E-state index contributed by atoms with van der Waals surface area (Å²) in [5, 5.41) is 3.43. The molecule has 1 nitrogen and oxygen atoms in total. The SMILES string of the molecule is CNC1CC2CCC(C1)C2C. The van der Waals surface area contributed by atoms with E-state index in [4.69, 9.17) is 0 Å². The molecule has 0 radical (unpaired) electrons. The van der Waals surface area contributed by atoms with E-state index in [1.165, 1.54) is 25.7 Å². The Labute approximate surface area is 69.6 Å². The van der Waals surface area contributed by atoms with Crippen molar-refractivity contribution in [3.05, 3.63) is 0 Å². The number of fused-ring (bicyclic) bond motifs is 2. The van der Waals surface area contributed by atoms with Crippen LogP contribution in [-0.2, 0) is 0 Å². The van der Waals surface area contributed by atoms with Gasteiger partial charge >= 0.3 is 0 Å². The van der Waals surface area contributed by atoms with Crippen LogP contribution in [0.15, 0.2) is 0 Å². The van der Waals surface area contributed by atoms with E-state index in [-0.39, 0.29) is 0 Å². The molecule has 2 fully saturated rings. The van der Waals surface area contributed by atoms with Crippen molar-refractivity contribution in [3.63, 3.8) is 0 Å². The van der Waals surface area contributed by atoms with Crippen molar-refractivity contribution in [1.82, 2.24) is 5.32 Å². The zero-order valence-corrected chi connectivity index (χ0v) is 7.64. The number of nitrogens with one attached hydrogen (secondary N) is 1. The van der Waals surface area contributed by atoms with Crippen LogP contribution in [0.4, 0.5) is 0 Å². The molecule has 0 amide bonds. The molecule has 0 aliphatic heterocycles. The summed E-state index contributed by atoms with van der Waals surface area (Å²) in [6.07, 6.45) is 5.89. The minimum absolute atomic E-state index is 0.837. The molecule has 2 aliphatic rings. The van der Waals surface area contributed by atoms with Crippen molar-refractivity contribution < 1.29 is 0 Å². The van der Waals surface area contributed by atoms with Gasteiger partial charge in [0.1, 0.15) is 0 Å². The van der Waals surface area contributed by atoms with Gasteiger partial charge in [-0.3, -0.25) is 0 Å². The third kappa shape index (κ3) is 1.20. The van der Waals surface area contributed by atoms with E-state index >= 15 is 0 Å². The first-order valence-electron chi connectivity index (χ1n) is 4.98. The number of hydrogen-bond acceptors (Lipinski definition) is 1. The van der Waals surface area contributed by atoms with Crippen molar-refractivity contribution in [2.24, 2.45) is 17.8 Å². The van der Waals surface area contributed by atoms with Crippen molar-refractivity contribution in [3.8, 4) is 0 Å². The van der Waals surface area contributed by atoms with Crippen LogP contribution in [0.2, 0.25) is 0 Å². The predicted molar refractivity (Wildman–Crippen MR) is 47.5 cm³/mol. The summed E-state index contributed by atoms with van der Waals surface area (Å²) in [6.45, 7) is 2.45. The zero-order chi connectivity index (χ0) is 7.84. The monoisotopic (exact) mass is 153 g/mol. The smallest absolute Gasteiger partial charge is 0.00695 e. The van der Waals surface area contributed by atoms with E-state index in [0.717, 1.165) is 23.8 Å². The number of rotatable bonds is 1. The zero-order valence-electron chi connectivity index (χ0n) is 7.64. The second-order valence-corrected chi connectivity index (χ2v) is 4.41. The van der Waals surface area contributed by atoms with Crippen molar-refractivity contribution in [1.29, 1.82) is 0 Å². The van der Waals surface area contributed by atoms with Crippen molar-refractivity contribution >= 4 is 0 Å². The van der Waals surface area contributed by atoms with Crippen LogP contribution in [-0.4, -0.2) is 13.1 Å². The first kappa shape index (κ1) is 7.60. The van der Waals surface area contributed by atoms with Gasteiger partial charge in [0.05, 0.1) is 0 Å². The molecule has 11 heavy (non-hydrogen) atoms. The Balaban J connectivity index is 2.02. The Bertz CT molecular complexity index is 130. The van der Waals surface area contributed by atoms with E-state index in [0.29, 0.717) is 0 Å². The fourth-order valence-corrected chi connectivity index (χ4v) is 3.07. The third-order valence-corrected chi connectivity index (χ3v) is 3.98. The molecular formula is C10H19N. The Morgan fingerprint density at radius 2 is 1.64 bits per heavy atom. The first-order chi connectivity index (χ1) is 5.31. The van der Waals surface area contributed by atoms with Gasteiger partial charge in [0, 0.05) is 6.04 Å². The molecule has 0 saturated heterocycles. The van der Waals surface area contributed by atoms with E-state index in [1.54, 1.807) is 0 Å². The Morgan fingerprint density at radius 3 is 2.09 bits per heavy atom. The van der Waals surface area contributed by atoms with Crippen LogP contribution in [0.25, 0.3) is 0 Å². The molecule has 1 N–H and O–H groups in total. The first-order valence-corrected chi connectivity index (χ1v) is 4.98. The van der Waals surface area contributed by atoms with Gasteiger partial charge in [-0.05, 0) is 50.5 Å². The molecule has 2 saturated carbocycles. The van der Waals surface area contributed by atoms with Crippen LogP contribution in [0, 0.1) is 17.8 Å². The average molecular weight is 153 g/mol. The van der Waals surface area contributed by atoms with Gasteiger partial charge in [-0.15, -0.1) is 0 Å². The summed E-state index contributed by atoms with van der Waals surface area (Å²) in [6, 6.07) is 0.837. The van der Waals surface area contributed by atoms with Crippen molar-refractivity contribution in [2.75, 3.05) is 7.05 Å². The fraction of sp³-hybridized carbons (Fsp3) is 1.00. The Hall–Kier alpha value is -0.0400. The summed E-state index contributed by atoms with van der Waals surface area (Å²) in [4.78, 5) is 0. The molecule has 2 unspecified atom stereocenters. The normalized spacial score (nSPS) is 49.6. The quantitative estimate of drug-likeness (QED) is 0.608. The molecular weight excluding hydrogens is 134 g/mol. The lowest BCUT2D eigenvalue weighted by Gasteiger charge is -2.32.